The molecule has 0 spiro atoms. The van der Waals surface area contributed by atoms with Crippen LogP contribution in [0.1, 0.15) is 41.9 Å². The van der Waals surface area contributed by atoms with Crippen LogP contribution in [-0.4, -0.2) is 24.3 Å². The highest BCUT2D eigenvalue weighted by Crippen LogP contribution is 2.37. The predicted molar refractivity (Wildman–Crippen MR) is 96.8 cm³/mol. The lowest BCUT2D eigenvalue weighted by molar-refractivity contribution is -0.138. The average Bonchev–Trinajstić information content (AvgIpc) is 3.02. The summed E-state index contributed by atoms with van der Waals surface area (Å²) in [7, 11) is 0. The van der Waals surface area contributed by atoms with Gasteiger partial charge in [-0.3, -0.25) is 4.79 Å². The predicted octanol–water partition coefficient (Wildman–Crippen LogP) is 5.06. The molecule has 0 heterocycles. The lowest BCUT2D eigenvalue weighted by Crippen LogP contribution is -2.07. The first-order chi connectivity index (χ1) is 13.3. The molecule has 2 aromatic carbocycles. The highest BCUT2D eigenvalue weighted by molar-refractivity contribution is 5.68. The third-order valence-electron chi connectivity index (χ3n) is 4.75. The maximum atomic E-state index is 12.5. The van der Waals surface area contributed by atoms with Gasteiger partial charge in [0.25, 0.3) is 0 Å². The van der Waals surface area contributed by atoms with Crippen molar-refractivity contribution in [3.63, 3.8) is 0 Å². The zero-order valence-corrected chi connectivity index (χ0v) is 15.2. The number of fused-ring (bicyclic) bond motifs is 1. The van der Waals surface area contributed by atoms with E-state index in [2.05, 4.69) is 0 Å². The molecule has 150 valence electrons. The van der Waals surface area contributed by atoms with E-state index in [9.17, 15) is 18.0 Å². The number of rotatable bonds is 8. The molecule has 1 N–H and O–H groups in total. The molecule has 2 aromatic rings. The van der Waals surface area contributed by atoms with Crippen molar-refractivity contribution in [2.75, 3.05) is 13.2 Å². The molecule has 3 rings (SSSR count). The Morgan fingerprint density at radius 2 is 1.68 bits per heavy atom. The maximum Gasteiger partial charge on any atom is 0.416 e. The molecule has 0 amide bonds. The van der Waals surface area contributed by atoms with E-state index in [4.69, 9.17) is 14.6 Å². The molecule has 0 bridgehead atoms. The molecule has 0 unspecified atom stereocenters. The summed E-state index contributed by atoms with van der Waals surface area (Å²) >= 11 is 0. The van der Waals surface area contributed by atoms with E-state index in [1.54, 1.807) is 0 Å². The van der Waals surface area contributed by atoms with Crippen LogP contribution >= 0.6 is 0 Å². The Morgan fingerprint density at radius 3 is 2.32 bits per heavy atom. The minimum absolute atomic E-state index is 0.0682. The average molecular weight is 394 g/mol. The van der Waals surface area contributed by atoms with E-state index in [1.807, 2.05) is 18.2 Å². The zero-order chi connectivity index (χ0) is 20.1. The summed E-state index contributed by atoms with van der Waals surface area (Å²) in [6, 6.07) is 10.3. The number of aryl methyl sites for hydroxylation is 1. The van der Waals surface area contributed by atoms with E-state index in [1.165, 1.54) is 12.1 Å². The number of carbonyl (C=O) groups is 1. The lowest BCUT2D eigenvalue weighted by atomic mass is 9.98. The topological polar surface area (TPSA) is 55.8 Å². The Morgan fingerprint density at radius 1 is 1.04 bits per heavy atom. The van der Waals surface area contributed by atoms with Crippen molar-refractivity contribution in [3.8, 4) is 11.5 Å². The molecule has 0 saturated heterocycles. The van der Waals surface area contributed by atoms with Gasteiger partial charge in [0.2, 0.25) is 0 Å². The number of alkyl halides is 3. The quantitative estimate of drug-likeness (QED) is 0.636. The summed E-state index contributed by atoms with van der Waals surface area (Å²) in [5.74, 6) is 0.393. The van der Waals surface area contributed by atoms with Gasteiger partial charge in [-0.1, -0.05) is 6.07 Å². The molecular formula is C21H21F3O4. The van der Waals surface area contributed by atoms with Crippen molar-refractivity contribution >= 4 is 5.97 Å². The summed E-state index contributed by atoms with van der Waals surface area (Å²) < 4.78 is 48.7. The van der Waals surface area contributed by atoms with Crippen molar-refractivity contribution < 1.29 is 32.5 Å². The van der Waals surface area contributed by atoms with E-state index in [0.717, 1.165) is 41.9 Å². The summed E-state index contributed by atoms with van der Waals surface area (Å²) in [5, 5.41) is 8.97. The standard InChI is InChI=1S/C21H21F3O4/c22-21(23,24)16-4-6-17(7-5-16)27-10-1-11-28-18-8-9-19-14(12-18)2-3-15(19)13-20(25)26/h4-9,12,15H,1-3,10-11,13H2,(H,25,26)/t15-/m0/s1. The second kappa shape index (κ2) is 8.54. The number of carboxylic acids is 1. The van der Waals surface area contributed by atoms with Gasteiger partial charge in [0.05, 0.1) is 25.2 Å². The van der Waals surface area contributed by atoms with Gasteiger partial charge < -0.3 is 14.6 Å². The van der Waals surface area contributed by atoms with E-state index < -0.39 is 17.7 Å². The highest BCUT2D eigenvalue weighted by atomic mass is 19.4. The van der Waals surface area contributed by atoms with Gasteiger partial charge in [-0.25, -0.2) is 0 Å². The Balaban J connectivity index is 1.42. The highest BCUT2D eigenvalue weighted by Gasteiger charge is 2.30. The molecule has 0 saturated carbocycles. The fourth-order valence-electron chi connectivity index (χ4n) is 3.37. The van der Waals surface area contributed by atoms with E-state index in [-0.39, 0.29) is 12.3 Å². The third-order valence-corrected chi connectivity index (χ3v) is 4.75. The molecule has 28 heavy (non-hydrogen) atoms. The number of carboxylic acid groups (broad SMARTS) is 1. The van der Waals surface area contributed by atoms with Crippen LogP contribution in [0, 0.1) is 0 Å². The normalized spacial score (nSPS) is 15.9. The summed E-state index contributed by atoms with van der Waals surface area (Å²) in [6.07, 6.45) is -1.93. The van der Waals surface area contributed by atoms with Gasteiger partial charge in [-0.15, -0.1) is 0 Å². The fraction of sp³-hybridized carbons (Fsp3) is 0.381. The van der Waals surface area contributed by atoms with Crippen LogP contribution < -0.4 is 9.47 Å². The van der Waals surface area contributed by atoms with Crippen LogP contribution in [0.3, 0.4) is 0 Å². The molecule has 0 fully saturated rings. The summed E-state index contributed by atoms with van der Waals surface area (Å²) in [5.41, 5.74) is 1.51. The van der Waals surface area contributed by atoms with Crippen LogP contribution in [0.4, 0.5) is 13.2 Å². The molecule has 0 aliphatic heterocycles. The second-order valence-corrected chi connectivity index (χ2v) is 6.77. The van der Waals surface area contributed by atoms with Gasteiger partial charge in [0, 0.05) is 6.42 Å². The van der Waals surface area contributed by atoms with E-state index >= 15 is 0 Å². The Hall–Kier alpha value is -2.70. The number of hydrogen-bond donors (Lipinski definition) is 1. The van der Waals surface area contributed by atoms with Crippen molar-refractivity contribution in [2.45, 2.75) is 37.8 Å². The molecule has 1 atom stereocenters. The van der Waals surface area contributed by atoms with Crippen molar-refractivity contribution in [3.05, 3.63) is 59.2 Å². The van der Waals surface area contributed by atoms with Crippen LogP contribution in [-0.2, 0) is 17.4 Å². The first kappa shape index (κ1) is 20.0. The van der Waals surface area contributed by atoms with E-state index in [0.29, 0.717) is 25.4 Å². The van der Waals surface area contributed by atoms with Gasteiger partial charge in [0.15, 0.2) is 0 Å². The van der Waals surface area contributed by atoms with Gasteiger partial charge >= 0.3 is 12.1 Å². The second-order valence-electron chi connectivity index (χ2n) is 6.77. The SMILES string of the molecule is O=C(O)C[C@@H]1CCc2cc(OCCCOc3ccc(C(F)(F)F)cc3)ccc21. The van der Waals surface area contributed by atoms with Gasteiger partial charge in [-0.2, -0.15) is 13.2 Å². The Labute approximate surface area is 160 Å². The molecule has 4 nitrogen and oxygen atoms in total. The molecule has 1 aliphatic rings. The van der Waals surface area contributed by atoms with Gasteiger partial charge in [-0.05, 0) is 66.3 Å². The fourth-order valence-corrected chi connectivity index (χ4v) is 3.37. The zero-order valence-electron chi connectivity index (χ0n) is 15.2. The maximum absolute atomic E-state index is 12.5. The smallest absolute Gasteiger partial charge is 0.416 e. The first-order valence-electron chi connectivity index (χ1n) is 9.10. The summed E-state index contributed by atoms with van der Waals surface area (Å²) in [4.78, 5) is 10.9. The molecule has 7 heteroatoms. The largest absolute Gasteiger partial charge is 0.493 e. The number of ether oxygens (including phenoxy) is 2. The Kier molecular flexibility index (Phi) is 6.11. The number of hydrogen-bond acceptors (Lipinski definition) is 3. The minimum atomic E-state index is -4.35. The van der Waals surface area contributed by atoms with Gasteiger partial charge in [0.1, 0.15) is 11.5 Å². The molecule has 0 radical (unpaired) electrons. The number of halogens is 3. The van der Waals surface area contributed by atoms with Crippen LogP contribution in [0.5, 0.6) is 11.5 Å². The molecule has 1 aliphatic carbocycles. The Bertz CT molecular complexity index is 815. The first-order valence-corrected chi connectivity index (χ1v) is 9.10. The number of benzene rings is 2. The number of aliphatic carboxylic acids is 1. The van der Waals surface area contributed by atoms with Crippen molar-refractivity contribution in [2.24, 2.45) is 0 Å². The van der Waals surface area contributed by atoms with Crippen molar-refractivity contribution in [1.29, 1.82) is 0 Å². The van der Waals surface area contributed by atoms with Crippen LogP contribution in [0.2, 0.25) is 0 Å². The lowest BCUT2D eigenvalue weighted by Gasteiger charge is -2.11. The van der Waals surface area contributed by atoms with Crippen molar-refractivity contribution in [1.82, 2.24) is 0 Å². The monoisotopic (exact) mass is 394 g/mol. The van der Waals surface area contributed by atoms with Crippen LogP contribution in [0.15, 0.2) is 42.5 Å². The van der Waals surface area contributed by atoms with Crippen LogP contribution in [0.25, 0.3) is 0 Å². The molecular weight excluding hydrogens is 373 g/mol. The minimum Gasteiger partial charge on any atom is -0.493 e. The molecule has 0 aromatic heterocycles. The third kappa shape index (κ3) is 5.18. The summed E-state index contributed by atoms with van der Waals surface area (Å²) in [6.45, 7) is 0.745.